The van der Waals surface area contributed by atoms with Gasteiger partial charge in [-0.3, -0.25) is 0 Å². The highest BCUT2D eigenvalue weighted by atomic mass is 35.5. The number of esters is 1. The van der Waals surface area contributed by atoms with E-state index < -0.39 is 0 Å². The third-order valence-electron chi connectivity index (χ3n) is 2.33. The van der Waals surface area contributed by atoms with Gasteiger partial charge in [0, 0.05) is 6.20 Å². The van der Waals surface area contributed by atoms with Gasteiger partial charge in [0.2, 0.25) is 0 Å². The fraction of sp³-hybridized carbons (Fsp3) is 0.250. The van der Waals surface area contributed by atoms with E-state index in [2.05, 4.69) is 10.1 Å². The summed E-state index contributed by atoms with van der Waals surface area (Å²) in [5.41, 5.74) is 1.14. The van der Waals surface area contributed by atoms with E-state index in [-0.39, 0.29) is 5.97 Å². The lowest BCUT2D eigenvalue weighted by atomic mass is 10.3. The molecule has 0 saturated heterocycles. The summed E-state index contributed by atoms with van der Waals surface area (Å²) in [5, 5.41) is 4.77. The number of hydrogen-bond acceptors (Lipinski definition) is 4. The molecule has 0 aliphatic carbocycles. The van der Waals surface area contributed by atoms with E-state index in [0.29, 0.717) is 23.0 Å². The van der Waals surface area contributed by atoms with Crippen LogP contribution in [0.5, 0.6) is 0 Å². The molecule has 0 amide bonds. The Labute approximate surface area is 109 Å². The molecule has 2 aromatic rings. The first-order chi connectivity index (χ1) is 8.61. The topological polar surface area (TPSA) is 57.0 Å². The van der Waals surface area contributed by atoms with Gasteiger partial charge in [-0.05, 0) is 26.0 Å². The number of hydrogen-bond donors (Lipinski definition) is 0. The van der Waals surface area contributed by atoms with Gasteiger partial charge in [-0.2, -0.15) is 5.10 Å². The van der Waals surface area contributed by atoms with E-state index >= 15 is 0 Å². The molecular weight excluding hydrogens is 254 g/mol. The summed E-state index contributed by atoms with van der Waals surface area (Å²) in [5.74, 6) is 0.212. The molecule has 0 atom stereocenters. The number of aryl methyl sites for hydroxylation is 1. The molecule has 94 valence electrons. The predicted octanol–water partition coefficient (Wildman–Crippen LogP) is 2.41. The fourth-order valence-corrected chi connectivity index (χ4v) is 1.54. The Hall–Kier alpha value is -1.88. The van der Waals surface area contributed by atoms with Gasteiger partial charge in [0.15, 0.2) is 5.82 Å². The third-order valence-corrected chi connectivity index (χ3v) is 2.70. The molecule has 2 heterocycles. The first kappa shape index (κ1) is 12.6. The molecule has 6 heteroatoms. The Bertz CT molecular complexity index is 544. The van der Waals surface area contributed by atoms with Gasteiger partial charge in [0.1, 0.15) is 0 Å². The number of carbonyl (C=O) groups is 1. The Kier molecular flexibility index (Phi) is 3.62. The lowest BCUT2D eigenvalue weighted by Crippen LogP contribution is -2.06. The van der Waals surface area contributed by atoms with Crippen molar-refractivity contribution in [3.8, 4) is 5.82 Å². The number of pyridine rings is 1. The lowest BCUT2D eigenvalue weighted by Gasteiger charge is -2.03. The highest BCUT2D eigenvalue weighted by molar-refractivity contribution is 6.31. The van der Waals surface area contributed by atoms with Crippen molar-refractivity contribution in [3.05, 3.63) is 40.8 Å². The van der Waals surface area contributed by atoms with E-state index in [0.717, 1.165) is 5.69 Å². The predicted molar refractivity (Wildman–Crippen MR) is 67.1 cm³/mol. The average Bonchev–Trinajstić information content (AvgIpc) is 2.70. The quantitative estimate of drug-likeness (QED) is 0.800. The number of halogens is 1. The number of carbonyl (C=O) groups excluding carboxylic acids is 1. The summed E-state index contributed by atoms with van der Waals surface area (Å²) >= 11 is 5.92. The smallest absolute Gasteiger partial charge is 0.339 e. The van der Waals surface area contributed by atoms with Crippen LogP contribution in [0.3, 0.4) is 0 Å². The maximum atomic E-state index is 11.4. The first-order valence-electron chi connectivity index (χ1n) is 5.47. The lowest BCUT2D eigenvalue weighted by molar-refractivity contribution is 0.0526. The van der Waals surface area contributed by atoms with E-state index in [9.17, 15) is 4.79 Å². The summed E-state index contributed by atoms with van der Waals surface area (Å²) in [7, 11) is 0. The van der Waals surface area contributed by atoms with E-state index in [1.165, 1.54) is 6.20 Å². The van der Waals surface area contributed by atoms with Crippen molar-refractivity contribution in [2.24, 2.45) is 0 Å². The molecule has 5 nitrogen and oxygen atoms in total. The summed E-state index contributed by atoms with van der Waals surface area (Å²) in [6.07, 6.45) is 3.13. The molecule has 2 aromatic heterocycles. The highest BCUT2D eigenvalue weighted by Crippen LogP contribution is 2.15. The van der Waals surface area contributed by atoms with Crippen LogP contribution < -0.4 is 0 Å². The van der Waals surface area contributed by atoms with Gasteiger partial charge in [-0.15, -0.1) is 0 Å². The van der Waals surface area contributed by atoms with Crippen molar-refractivity contribution in [1.82, 2.24) is 14.8 Å². The summed E-state index contributed by atoms with van der Waals surface area (Å²) < 4.78 is 6.44. The van der Waals surface area contributed by atoms with Gasteiger partial charge in [0.25, 0.3) is 0 Å². The van der Waals surface area contributed by atoms with Crippen molar-refractivity contribution >= 4 is 17.6 Å². The molecule has 0 aliphatic rings. The number of rotatable bonds is 3. The molecule has 0 bridgehead atoms. The van der Waals surface area contributed by atoms with Crippen LogP contribution in [0.25, 0.3) is 5.82 Å². The fourth-order valence-electron chi connectivity index (χ4n) is 1.41. The Morgan fingerprint density at radius 3 is 2.78 bits per heavy atom. The van der Waals surface area contributed by atoms with Crippen molar-refractivity contribution in [1.29, 1.82) is 0 Å². The first-order valence-corrected chi connectivity index (χ1v) is 5.85. The number of aromatic nitrogens is 3. The molecule has 0 saturated carbocycles. The average molecular weight is 266 g/mol. The van der Waals surface area contributed by atoms with Crippen LogP contribution >= 0.6 is 11.6 Å². The van der Waals surface area contributed by atoms with Crippen molar-refractivity contribution in [3.63, 3.8) is 0 Å². The number of nitrogens with zero attached hydrogens (tertiary/aromatic N) is 3. The molecule has 0 spiro atoms. The molecule has 0 aliphatic heterocycles. The normalized spacial score (nSPS) is 10.4. The maximum absolute atomic E-state index is 11.4. The third kappa shape index (κ3) is 2.51. The molecule has 0 N–H and O–H groups in total. The monoisotopic (exact) mass is 265 g/mol. The van der Waals surface area contributed by atoms with Crippen molar-refractivity contribution in [2.45, 2.75) is 13.8 Å². The van der Waals surface area contributed by atoms with Gasteiger partial charge in [-0.1, -0.05) is 11.6 Å². The van der Waals surface area contributed by atoms with E-state index in [4.69, 9.17) is 16.3 Å². The molecule has 0 unspecified atom stereocenters. The summed E-state index contributed by atoms with van der Waals surface area (Å²) in [4.78, 5) is 15.6. The van der Waals surface area contributed by atoms with Crippen LogP contribution in [-0.4, -0.2) is 27.3 Å². The van der Waals surface area contributed by atoms with Gasteiger partial charge < -0.3 is 4.74 Å². The van der Waals surface area contributed by atoms with Crippen LogP contribution in [0.15, 0.2) is 24.5 Å². The second kappa shape index (κ2) is 5.18. The molecule has 0 radical (unpaired) electrons. The zero-order chi connectivity index (χ0) is 13.1. The highest BCUT2D eigenvalue weighted by Gasteiger charge is 2.09. The van der Waals surface area contributed by atoms with Crippen LogP contribution in [0.4, 0.5) is 0 Å². The minimum absolute atomic E-state index is 0.342. The SMILES string of the molecule is CCOC(=O)c1ccc(-n2cc(Cl)c(C)n2)nc1. The van der Waals surface area contributed by atoms with Crippen LogP contribution in [-0.2, 0) is 4.74 Å². The zero-order valence-corrected chi connectivity index (χ0v) is 10.8. The van der Waals surface area contributed by atoms with Gasteiger partial charge in [-0.25, -0.2) is 14.5 Å². The largest absolute Gasteiger partial charge is 0.462 e. The molecule has 0 fully saturated rings. The Morgan fingerprint density at radius 1 is 1.50 bits per heavy atom. The molecular formula is C12H12ClN3O2. The summed E-state index contributed by atoms with van der Waals surface area (Å²) in [6.45, 7) is 3.91. The Balaban J connectivity index is 2.24. The minimum Gasteiger partial charge on any atom is -0.462 e. The number of ether oxygens (including phenoxy) is 1. The van der Waals surface area contributed by atoms with Crippen molar-refractivity contribution < 1.29 is 9.53 Å². The second-order valence-corrected chi connectivity index (χ2v) is 4.04. The Morgan fingerprint density at radius 2 is 2.28 bits per heavy atom. The second-order valence-electron chi connectivity index (χ2n) is 3.63. The van der Waals surface area contributed by atoms with E-state index in [1.54, 1.807) is 29.9 Å². The standard InChI is InChI=1S/C12H12ClN3O2/c1-3-18-12(17)9-4-5-11(14-6-9)16-7-10(13)8(2)15-16/h4-7H,3H2,1-2H3. The molecule has 18 heavy (non-hydrogen) atoms. The van der Waals surface area contributed by atoms with Crippen LogP contribution in [0.2, 0.25) is 5.02 Å². The van der Waals surface area contributed by atoms with Crippen LogP contribution in [0, 0.1) is 6.92 Å². The minimum atomic E-state index is -0.383. The van der Waals surface area contributed by atoms with Gasteiger partial charge >= 0.3 is 5.97 Å². The van der Waals surface area contributed by atoms with Crippen molar-refractivity contribution in [2.75, 3.05) is 6.61 Å². The maximum Gasteiger partial charge on any atom is 0.339 e. The van der Waals surface area contributed by atoms with E-state index in [1.807, 2.05) is 6.92 Å². The van der Waals surface area contributed by atoms with Crippen LogP contribution in [0.1, 0.15) is 23.0 Å². The van der Waals surface area contributed by atoms with Gasteiger partial charge in [0.05, 0.1) is 29.1 Å². The zero-order valence-electron chi connectivity index (χ0n) is 10.1. The molecule has 2 rings (SSSR count). The molecule has 0 aromatic carbocycles. The summed E-state index contributed by atoms with van der Waals surface area (Å²) in [6, 6.07) is 3.33.